The van der Waals surface area contributed by atoms with Crippen LogP contribution in [-0.4, -0.2) is 35.7 Å². The predicted octanol–water partition coefficient (Wildman–Crippen LogP) is 4.30. The van der Waals surface area contributed by atoms with Gasteiger partial charge in [0.2, 0.25) is 0 Å². The lowest BCUT2D eigenvalue weighted by Crippen LogP contribution is -2.40. The second kappa shape index (κ2) is 9.66. The zero-order valence-corrected chi connectivity index (χ0v) is 19.0. The molecule has 0 radical (unpaired) electrons. The first-order valence-electron chi connectivity index (χ1n) is 11.7. The Kier molecular flexibility index (Phi) is 6.27. The van der Waals surface area contributed by atoms with Gasteiger partial charge in [0.1, 0.15) is 12.4 Å². The lowest BCUT2D eigenvalue weighted by atomic mass is 9.98. The summed E-state index contributed by atoms with van der Waals surface area (Å²) in [5.41, 5.74) is 4.59. The highest BCUT2D eigenvalue weighted by atomic mass is 16.5. The van der Waals surface area contributed by atoms with Crippen LogP contribution >= 0.6 is 0 Å². The van der Waals surface area contributed by atoms with Crippen LogP contribution in [-0.2, 0) is 16.1 Å². The molecule has 1 fully saturated rings. The van der Waals surface area contributed by atoms with E-state index in [0.29, 0.717) is 18.6 Å². The van der Waals surface area contributed by atoms with Crippen LogP contribution in [0.3, 0.4) is 0 Å². The SMILES string of the molecule is O=C(NCc1ccc(C(=O)N[C@@H]2CCC[C@@H]2C(=O)O)o1)OCC1c2ccccc2-c2ccccc21. The summed E-state index contributed by atoms with van der Waals surface area (Å²) >= 11 is 0. The number of furan rings is 1. The third-order valence-electron chi connectivity index (χ3n) is 6.79. The number of carboxylic acid groups (broad SMARTS) is 1. The van der Waals surface area contributed by atoms with E-state index in [1.165, 1.54) is 6.07 Å². The number of amides is 2. The van der Waals surface area contributed by atoms with Crippen molar-refractivity contribution in [2.45, 2.75) is 37.8 Å². The van der Waals surface area contributed by atoms with Crippen LogP contribution in [0.2, 0.25) is 0 Å². The normalized spacial score (nSPS) is 18.5. The molecule has 0 spiro atoms. The summed E-state index contributed by atoms with van der Waals surface area (Å²) < 4.78 is 11.1. The topological polar surface area (TPSA) is 118 Å². The molecule has 35 heavy (non-hydrogen) atoms. The van der Waals surface area contributed by atoms with Gasteiger partial charge < -0.3 is 24.9 Å². The molecular weight excluding hydrogens is 448 g/mol. The van der Waals surface area contributed by atoms with Crippen LogP contribution < -0.4 is 10.6 Å². The number of carbonyl (C=O) groups is 3. The molecule has 2 amide bonds. The largest absolute Gasteiger partial charge is 0.481 e. The average molecular weight is 475 g/mol. The highest BCUT2D eigenvalue weighted by Gasteiger charge is 2.34. The molecule has 1 heterocycles. The number of hydrogen-bond acceptors (Lipinski definition) is 5. The number of carbonyl (C=O) groups excluding carboxylic acids is 2. The monoisotopic (exact) mass is 474 g/mol. The molecule has 2 atom stereocenters. The smallest absolute Gasteiger partial charge is 0.407 e. The lowest BCUT2D eigenvalue weighted by Gasteiger charge is -2.16. The van der Waals surface area contributed by atoms with Gasteiger partial charge in [-0.1, -0.05) is 55.0 Å². The van der Waals surface area contributed by atoms with E-state index in [2.05, 4.69) is 34.9 Å². The summed E-state index contributed by atoms with van der Waals surface area (Å²) in [7, 11) is 0. The van der Waals surface area contributed by atoms with Gasteiger partial charge in [0.25, 0.3) is 5.91 Å². The Hall–Kier alpha value is -4.07. The van der Waals surface area contributed by atoms with E-state index in [4.69, 9.17) is 9.15 Å². The summed E-state index contributed by atoms with van der Waals surface area (Å²) in [5, 5.41) is 14.7. The number of ether oxygens (including phenoxy) is 1. The van der Waals surface area contributed by atoms with Gasteiger partial charge in [0.05, 0.1) is 12.5 Å². The van der Waals surface area contributed by atoms with Crippen molar-refractivity contribution < 1.29 is 28.6 Å². The fraction of sp³-hybridized carbons (Fsp3) is 0.296. The van der Waals surface area contributed by atoms with Gasteiger partial charge >= 0.3 is 12.1 Å². The van der Waals surface area contributed by atoms with Gasteiger partial charge in [-0.2, -0.15) is 0 Å². The molecule has 2 aromatic carbocycles. The summed E-state index contributed by atoms with van der Waals surface area (Å²) in [6, 6.07) is 18.9. The van der Waals surface area contributed by atoms with E-state index < -0.39 is 29.9 Å². The molecule has 0 bridgehead atoms. The Balaban J connectivity index is 1.14. The van der Waals surface area contributed by atoms with Gasteiger partial charge in [-0.25, -0.2) is 4.79 Å². The molecule has 0 aliphatic heterocycles. The Bertz CT molecular complexity index is 1220. The minimum Gasteiger partial charge on any atom is -0.481 e. The number of aliphatic carboxylic acids is 1. The number of hydrogen-bond donors (Lipinski definition) is 3. The van der Waals surface area contributed by atoms with Gasteiger partial charge in [-0.15, -0.1) is 0 Å². The van der Waals surface area contributed by atoms with Crippen LogP contribution in [0.25, 0.3) is 11.1 Å². The van der Waals surface area contributed by atoms with E-state index >= 15 is 0 Å². The maximum atomic E-state index is 12.5. The minimum atomic E-state index is -0.903. The first kappa shape index (κ1) is 22.7. The molecule has 3 N–H and O–H groups in total. The Morgan fingerprint density at radius 2 is 1.63 bits per heavy atom. The van der Waals surface area contributed by atoms with Crippen LogP contribution in [0, 0.1) is 5.92 Å². The third-order valence-corrected chi connectivity index (χ3v) is 6.79. The van der Waals surface area contributed by atoms with Crippen molar-refractivity contribution in [2.75, 3.05) is 6.61 Å². The van der Waals surface area contributed by atoms with Crippen molar-refractivity contribution in [1.82, 2.24) is 10.6 Å². The minimum absolute atomic E-state index is 0.0303. The van der Waals surface area contributed by atoms with Crippen molar-refractivity contribution >= 4 is 18.0 Å². The lowest BCUT2D eigenvalue weighted by molar-refractivity contribution is -0.142. The molecule has 5 rings (SSSR count). The second-order valence-corrected chi connectivity index (χ2v) is 8.90. The van der Waals surface area contributed by atoms with Crippen LogP contribution in [0.1, 0.15) is 52.6 Å². The summed E-state index contributed by atoms with van der Waals surface area (Å²) in [6.07, 6.45) is 1.35. The van der Waals surface area contributed by atoms with Gasteiger partial charge in [-0.3, -0.25) is 9.59 Å². The number of rotatable bonds is 7. The van der Waals surface area contributed by atoms with Gasteiger partial charge in [0, 0.05) is 12.0 Å². The predicted molar refractivity (Wildman–Crippen MR) is 127 cm³/mol. The molecule has 1 aromatic heterocycles. The highest BCUT2D eigenvalue weighted by Crippen LogP contribution is 2.44. The number of alkyl carbamates (subject to hydrolysis) is 1. The second-order valence-electron chi connectivity index (χ2n) is 8.90. The molecule has 8 heteroatoms. The first-order chi connectivity index (χ1) is 17.0. The van der Waals surface area contributed by atoms with Gasteiger partial charge in [-0.05, 0) is 47.2 Å². The molecular formula is C27H26N2O6. The maximum absolute atomic E-state index is 12.5. The first-order valence-corrected chi connectivity index (χ1v) is 11.7. The van der Waals surface area contributed by atoms with E-state index in [1.807, 2.05) is 24.3 Å². The zero-order chi connectivity index (χ0) is 24.4. The van der Waals surface area contributed by atoms with Crippen molar-refractivity contribution in [3.8, 4) is 11.1 Å². The van der Waals surface area contributed by atoms with Crippen LogP contribution in [0.5, 0.6) is 0 Å². The number of benzene rings is 2. The van der Waals surface area contributed by atoms with Gasteiger partial charge in [0.15, 0.2) is 5.76 Å². The molecule has 0 unspecified atom stereocenters. The average Bonchev–Trinajstić information content (AvgIpc) is 3.59. The quantitative estimate of drug-likeness (QED) is 0.470. The van der Waals surface area contributed by atoms with Crippen molar-refractivity contribution in [1.29, 1.82) is 0 Å². The van der Waals surface area contributed by atoms with Crippen molar-refractivity contribution in [3.05, 3.63) is 83.3 Å². The molecule has 180 valence electrons. The summed E-state index contributed by atoms with van der Waals surface area (Å²) in [4.78, 5) is 36.1. The molecule has 1 saturated carbocycles. The summed E-state index contributed by atoms with van der Waals surface area (Å²) in [6.45, 7) is 0.267. The Labute approximate surface area is 202 Å². The molecule has 2 aliphatic carbocycles. The fourth-order valence-electron chi connectivity index (χ4n) is 5.07. The Morgan fingerprint density at radius 3 is 2.31 bits per heavy atom. The number of fused-ring (bicyclic) bond motifs is 3. The fourth-order valence-corrected chi connectivity index (χ4v) is 5.07. The van der Waals surface area contributed by atoms with Crippen molar-refractivity contribution in [2.24, 2.45) is 5.92 Å². The van der Waals surface area contributed by atoms with Crippen LogP contribution in [0.15, 0.2) is 65.1 Å². The van der Waals surface area contributed by atoms with E-state index in [1.54, 1.807) is 6.07 Å². The summed E-state index contributed by atoms with van der Waals surface area (Å²) in [5.74, 6) is -1.51. The highest BCUT2D eigenvalue weighted by molar-refractivity contribution is 5.92. The molecule has 2 aliphatic rings. The molecule has 8 nitrogen and oxygen atoms in total. The van der Waals surface area contributed by atoms with E-state index in [9.17, 15) is 19.5 Å². The van der Waals surface area contributed by atoms with Crippen molar-refractivity contribution in [3.63, 3.8) is 0 Å². The maximum Gasteiger partial charge on any atom is 0.407 e. The van der Waals surface area contributed by atoms with E-state index in [0.717, 1.165) is 28.7 Å². The molecule has 0 saturated heterocycles. The third kappa shape index (κ3) is 4.64. The van der Waals surface area contributed by atoms with Crippen LogP contribution in [0.4, 0.5) is 4.79 Å². The standard InChI is InChI=1S/C27H26N2O6/c30-25(29-23-11-5-10-21(23)26(31)32)24-13-12-16(35-24)14-28-27(33)34-15-22-19-8-3-1-6-17(19)18-7-2-4-9-20(18)22/h1-4,6-9,12-13,21-23H,5,10-11,14-15H2,(H,28,33)(H,29,30)(H,31,32)/t21-,23+/m0/s1. The number of carboxylic acids is 1. The van der Waals surface area contributed by atoms with E-state index in [-0.39, 0.29) is 24.8 Å². The number of nitrogens with one attached hydrogen (secondary N) is 2. The Morgan fingerprint density at radius 1 is 0.943 bits per heavy atom. The zero-order valence-electron chi connectivity index (χ0n) is 19.0. The molecule has 3 aromatic rings.